The summed E-state index contributed by atoms with van der Waals surface area (Å²) in [5, 5.41) is 11.4. The SMILES string of the molecule is CC(C)[C@H](NC(=O)CC(N)C1CC1)C(=O)O. The summed E-state index contributed by atoms with van der Waals surface area (Å²) in [6.07, 6.45) is 2.39. The predicted molar refractivity (Wildman–Crippen MR) is 59.7 cm³/mol. The number of nitrogens with one attached hydrogen (secondary N) is 1. The maximum atomic E-state index is 11.6. The Kier molecular flexibility index (Phi) is 4.29. The number of amides is 1. The number of nitrogens with two attached hydrogens (primary N) is 1. The van der Waals surface area contributed by atoms with Crippen LogP contribution in [0.2, 0.25) is 0 Å². The Morgan fingerprint density at radius 1 is 1.44 bits per heavy atom. The third-order valence-electron chi connectivity index (χ3n) is 2.90. The minimum absolute atomic E-state index is 0.124. The van der Waals surface area contributed by atoms with Gasteiger partial charge in [0.25, 0.3) is 0 Å². The van der Waals surface area contributed by atoms with Gasteiger partial charge in [-0.05, 0) is 24.7 Å². The van der Waals surface area contributed by atoms with Crippen LogP contribution in [0, 0.1) is 11.8 Å². The zero-order valence-electron chi connectivity index (χ0n) is 9.77. The van der Waals surface area contributed by atoms with Crippen molar-refractivity contribution >= 4 is 11.9 Å². The Hall–Kier alpha value is -1.10. The van der Waals surface area contributed by atoms with E-state index in [1.165, 1.54) is 0 Å². The molecule has 0 saturated heterocycles. The highest BCUT2D eigenvalue weighted by Crippen LogP contribution is 2.32. The van der Waals surface area contributed by atoms with E-state index in [1.807, 2.05) is 0 Å². The molecule has 1 saturated carbocycles. The van der Waals surface area contributed by atoms with Gasteiger partial charge in [-0.1, -0.05) is 13.8 Å². The Morgan fingerprint density at radius 3 is 2.38 bits per heavy atom. The van der Waals surface area contributed by atoms with Gasteiger partial charge in [-0.15, -0.1) is 0 Å². The fourth-order valence-electron chi connectivity index (χ4n) is 1.65. The standard InChI is InChI=1S/C11H20N2O3/c1-6(2)10(11(15)16)13-9(14)5-8(12)7-3-4-7/h6-8,10H,3-5,12H2,1-2H3,(H,13,14)(H,15,16)/t8?,10-/m0/s1. The Morgan fingerprint density at radius 2 is 2.00 bits per heavy atom. The van der Waals surface area contributed by atoms with E-state index in [9.17, 15) is 9.59 Å². The second-order valence-corrected chi connectivity index (χ2v) is 4.83. The van der Waals surface area contributed by atoms with E-state index in [4.69, 9.17) is 10.8 Å². The summed E-state index contributed by atoms with van der Waals surface area (Å²) in [5.74, 6) is -0.935. The third-order valence-corrected chi connectivity index (χ3v) is 2.90. The van der Waals surface area contributed by atoms with E-state index in [-0.39, 0.29) is 24.3 Å². The van der Waals surface area contributed by atoms with Crippen molar-refractivity contribution < 1.29 is 14.7 Å². The van der Waals surface area contributed by atoms with Crippen LogP contribution in [-0.2, 0) is 9.59 Å². The molecule has 1 aliphatic carbocycles. The van der Waals surface area contributed by atoms with Crippen LogP contribution in [0.15, 0.2) is 0 Å². The second kappa shape index (κ2) is 5.30. The lowest BCUT2D eigenvalue weighted by molar-refractivity contribution is -0.143. The van der Waals surface area contributed by atoms with Gasteiger partial charge in [-0.25, -0.2) is 4.79 Å². The van der Waals surface area contributed by atoms with E-state index < -0.39 is 12.0 Å². The number of carbonyl (C=O) groups is 2. The smallest absolute Gasteiger partial charge is 0.326 e. The fourth-order valence-corrected chi connectivity index (χ4v) is 1.65. The van der Waals surface area contributed by atoms with Crippen LogP contribution in [-0.4, -0.2) is 29.1 Å². The van der Waals surface area contributed by atoms with Crippen LogP contribution in [0.3, 0.4) is 0 Å². The molecule has 0 spiro atoms. The highest BCUT2D eigenvalue weighted by atomic mass is 16.4. The number of rotatable bonds is 6. The van der Waals surface area contributed by atoms with Gasteiger partial charge in [0.05, 0.1) is 0 Å². The molecule has 1 aliphatic rings. The predicted octanol–water partition coefficient (Wildman–Crippen LogP) is 0.339. The molecule has 92 valence electrons. The molecule has 0 aromatic heterocycles. The highest BCUT2D eigenvalue weighted by Gasteiger charge is 2.31. The normalized spacial score (nSPS) is 19.2. The van der Waals surface area contributed by atoms with Crippen LogP contribution in [0.5, 0.6) is 0 Å². The number of carboxylic acid groups (broad SMARTS) is 1. The summed E-state index contributed by atoms with van der Waals surface area (Å²) in [5.41, 5.74) is 5.80. The zero-order chi connectivity index (χ0) is 12.3. The van der Waals surface area contributed by atoms with Crippen LogP contribution < -0.4 is 11.1 Å². The van der Waals surface area contributed by atoms with Crippen molar-refractivity contribution in [1.82, 2.24) is 5.32 Å². The van der Waals surface area contributed by atoms with E-state index in [0.29, 0.717) is 5.92 Å². The number of carboxylic acids is 1. The number of hydrogen-bond donors (Lipinski definition) is 3. The second-order valence-electron chi connectivity index (χ2n) is 4.83. The number of aliphatic carboxylic acids is 1. The lowest BCUT2D eigenvalue weighted by atomic mass is 10.0. The quantitative estimate of drug-likeness (QED) is 0.611. The maximum absolute atomic E-state index is 11.6. The van der Waals surface area contributed by atoms with Gasteiger partial charge in [0.2, 0.25) is 5.91 Å². The average molecular weight is 228 g/mol. The van der Waals surface area contributed by atoms with Gasteiger partial charge >= 0.3 is 5.97 Å². The molecule has 0 bridgehead atoms. The number of hydrogen-bond acceptors (Lipinski definition) is 3. The van der Waals surface area contributed by atoms with Crippen molar-refractivity contribution in [2.45, 2.75) is 45.2 Å². The summed E-state index contributed by atoms with van der Waals surface area (Å²) in [6, 6.07) is -0.944. The lowest BCUT2D eigenvalue weighted by Crippen LogP contribution is -2.46. The molecule has 1 amide bonds. The van der Waals surface area contributed by atoms with Crippen molar-refractivity contribution in [3.63, 3.8) is 0 Å². The first-order chi connectivity index (χ1) is 7.41. The Balaban J connectivity index is 2.38. The van der Waals surface area contributed by atoms with Crippen molar-refractivity contribution in [3.05, 3.63) is 0 Å². The summed E-state index contributed by atoms with van der Waals surface area (Å²) >= 11 is 0. The van der Waals surface area contributed by atoms with E-state index >= 15 is 0 Å². The molecular formula is C11H20N2O3. The molecule has 0 radical (unpaired) electrons. The molecule has 0 aromatic carbocycles. The van der Waals surface area contributed by atoms with Gasteiger partial charge in [0, 0.05) is 12.5 Å². The first kappa shape index (κ1) is 13.0. The summed E-state index contributed by atoms with van der Waals surface area (Å²) in [6.45, 7) is 3.53. The molecule has 16 heavy (non-hydrogen) atoms. The van der Waals surface area contributed by atoms with Crippen molar-refractivity contribution in [2.75, 3.05) is 0 Å². The fraction of sp³-hybridized carbons (Fsp3) is 0.818. The molecule has 0 aliphatic heterocycles. The topological polar surface area (TPSA) is 92.4 Å². The van der Waals surface area contributed by atoms with Crippen molar-refractivity contribution in [3.8, 4) is 0 Å². The largest absolute Gasteiger partial charge is 0.480 e. The van der Waals surface area contributed by atoms with E-state index in [1.54, 1.807) is 13.8 Å². The average Bonchev–Trinajstić information content (AvgIpc) is 2.95. The Labute approximate surface area is 95.4 Å². The van der Waals surface area contributed by atoms with Crippen LogP contribution in [0.4, 0.5) is 0 Å². The minimum atomic E-state index is -0.997. The summed E-state index contributed by atoms with van der Waals surface area (Å²) in [4.78, 5) is 22.4. The molecule has 0 aromatic rings. The molecule has 1 fully saturated rings. The first-order valence-corrected chi connectivity index (χ1v) is 5.69. The molecule has 1 rings (SSSR count). The van der Waals surface area contributed by atoms with Gasteiger partial charge in [-0.3, -0.25) is 4.79 Å². The van der Waals surface area contributed by atoms with E-state index in [0.717, 1.165) is 12.8 Å². The zero-order valence-corrected chi connectivity index (χ0v) is 9.77. The minimum Gasteiger partial charge on any atom is -0.480 e. The first-order valence-electron chi connectivity index (χ1n) is 5.69. The highest BCUT2D eigenvalue weighted by molar-refractivity contribution is 5.84. The molecule has 2 atom stereocenters. The molecule has 5 nitrogen and oxygen atoms in total. The molecule has 1 unspecified atom stereocenters. The third kappa shape index (κ3) is 3.81. The van der Waals surface area contributed by atoms with Gasteiger partial charge < -0.3 is 16.2 Å². The maximum Gasteiger partial charge on any atom is 0.326 e. The molecule has 5 heteroatoms. The van der Waals surface area contributed by atoms with Crippen LogP contribution >= 0.6 is 0 Å². The molecule has 0 heterocycles. The number of carbonyl (C=O) groups excluding carboxylic acids is 1. The van der Waals surface area contributed by atoms with Gasteiger partial charge in [0.15, 0.2) is 0 Å². The van der Waals surface area contributed by atoms with Gasteiger partial charge in [0.1, 0.15) is 6.04 Å². The lowest BCUT2D eigenvalue weighted by Gasteiger charge is -2.19. The monoisotopic (exact) mass is 228 g/mol. The summed E-state index contributed by atoms with van der Waals surface area (Å²) < 4.78 is 0. The van der Waals surface area contributed by atoms with E-state index in [2.05, 4.69) is 5.32 Å². The Bertz CT molecular complexity index is 274. The van der Waals surface area contributed by atoms with Crippen molar-refractivity contribution in [2.24, 2.45) is 17.6 Å². The van der Waals surface area contributed by atoms with Crippen molar-refractivity contribution in [1.29, 1.82) is 0 Å². The molecular weight excluding hydrogens is 208 g/mol. The summed E-state index contributed by atoms with van der Waals surface area (Å²) in [7, 11) is 0. The van der Waals surface area contributed by atoms with Gasteiger partial charge in [-0.2, -0.15) is 0 Å². The molecule has 4 N–H and O–H groups in total. The van der Waals surface area contributed by atoms with Crippen LogP contribution in [0.25, 0.3) is 0 Å². The van der Waals surface area contributed by atoms with Crippen LogP contribution in [0.1, 0.15) is 33.1 Å².